The van der Waals surface area contributed by atoms with E-state index < -0.39 is 0 Å². The van der Waals surface area contributed by atoms with Gasteiger partial charge in [0.2, 0.25) is 0 Å². The number of aromatic hydroxyl groups is 1. The molecule has 0 amide bonds. The topological polar surface area (TPSA) is 83.5 Å². The summed E-state index contributed by atoms with van der Waals surface area (Å²) in [5.74, 6) is 3.08. The summed E-state index contributed by atoms with van der Waals surface area (Å²) in [5.41, 5.74) is 4.67. The van der Waals surface area contributed by atoms with E-state index in [-0.39, 0.29) is 0 Å². The van der Waals surface area contributed by atoms with E-state index in [0.29, 0.717) is 23.2 Å². The number of aryl methyl sites for hydroxylation is 2. The van der Waals surface area contributed by atoms with E-state index in [2.05, 4.69) is 64.5 Å². The van der Waals surface area contributed by atoms with E-state index in [1.54, 1.807) is 25.4 Å². The average molecular weight is 613 g/mol. The van der Waals surface area contributed by atoms with E-state index in [1.165, 1.54) is 67.0 Å². The maximum atomic E-state index is 11.0. The molecule has 1 heterocycles. The maximum Gasteiger partial charge on any atom is 0.128 e. The Labute approximate surface area is 271 Å². The van der Waals surface area contributed by atoms with E-state index >= 15 is 0 Å². The van der Waals surface area contributed by atoms with Gasteiger partial charge in [-0.15, -0.1) is 0 Å². The number of phenols is 1. The maximum absolute atomic E-state index is 11.0. The van der Waals surface area contributed by atoms with Crippen molar-refractivity contribution in [3.05, 3.63) is 76.9 Å². The minimum Gasteiger partial charge on any atom is -0.507 e. The Kier molecular flexibility index (Phi) is 14.1. The second-order valence-corrected chi connectivity index (χ2v) is 12.5. The minimum absolute atomic E-state index is 0.316. The van der Waals surface area contributed by atoms with Gasteiger partial charge in [-0.3, -0.25) is 5.41 Å². The molecule has 3 aromatic carbocycles. The molecule has 0 aliphatic carbocycles. The third kappa shape index (κ3) is 9.91. The second kappa shape index (κ2) is 17.7. The number of nitrogens with zero attached hydrogens (tertiary/aromatic N) is 3. The van der Waals surface area contributed by atoms with E-state index in [9.17, 15) is 5.11 Å². The Morgan fingerprint density at radius 3 is 2.24 bits per heavy atom. The summed E-state index contributed by atoms with van der Waals surface area (Å²) < 4.78 is 7.74. The van der Waals surface area contributed by atoms with Crippen LogP contribution < -0.4 is 10.1 Å². The quantitative estimate of drug-likeness (QED) is 0.0975. The Balaban J connectivity index is 0.000000598. The van der Waals surface area contributed by atoms with E-state index in [1.807, 2.05) is 13.0 Å². The molecule has 4 rings (SSSR count). The molecule has 0 bridgehead atoms. The van der Waals surface area contributed by atoms with Crippen LogP contribution in [0.25, 0.3) is 16.5 Å². The van der Waals surface area contributed by atoms with Crippen LogP contribution >= 0.6 is 0 Å². The van der Waals surface area contributed by atoms with Crippen molar-refractivity contribution in [2.24, 2.45) is 16.8 Å². The van der Waals surface area contributed by atoms with Crippen LogP contribution in [0.5, 0.6) is 11.5 Å². The summed E-state index contributed by atoms with van der Waals surface area (Å²) in [4.78, 5) is 4.84. The molecule has 2 unspecified atom stereocenters. The molecule has 1 aromatic heterocycles. The molecule has 6 heteroatoms. The molecule has 45 heavy (non-hydrogen) atoms. The fourth-order valence-electron chi connectivity index (χ4n) is 5.83. The third-order valence-corrected chi connectivity index (χ3v) is 9.18. The number of rotatable bonds is 16. The first kappa shape index (κ1) is 35.8. The number of benzene rings is 2. The lowest BCUT2D eigenvalue weighted by molar-refractivity contribution is 0.232. The molecule has 0 saturated carbocycles. The number of hydrogen-bond donors (Lipinski definition) is 2. The fourth-order valence-corrected chi connectivity index (χ4v) is 5.83. The van der Waals surface area contributed by atoms with Crippen molar-refractivity contribution >= 4 is 22.3 Å². The van der Waals surface area contributed by atoms with Crippen molar-refractivity contribution in [1.29, 1.82) is 5.41 Å². The molecule has 244 valence electrons. The lowest BCUT2D eigenvalue weighted by atomic mass is 9.90. The van der Waals surface area contributed by atoms with E-state index in [0.717, 1.165) is 58.5 Å². The molecule has 0 saturated heterocycles. The smallest absolute Gasteiger partial charge is 0.128 e. The highest BCUT2D eigenvalue weighted by Gasteiger charge is 2.19. The number of nitrogens with one attached hydrogen (secondary N) is 1. The molecule has 6 nitrogen and oxygen atoms in total. The number of ether oxygens (including phenoxy) is 1. The van der Waals surface area contributed by atoms with Gasteiger partial charge in [-0.2, -0.15) is 5.10 Å². The Morgan fingerprint density at radius 1 is 0.978 bits per heavy atom. The van der Waals surface area contributed by atoms with Gasteiger partial charge in [0, 0.05) is 34.3 Å². The molecule has 0 radical (unpaired) electrons. The minimum atomic E-state index is 0.316. The van der Waals surface area contributed by atoms with Gasteiger partial charge in [0.05, 0.1) is 17.7 Å². The molecule has 4 aromatic rings. The van der Waals surface area contributed by atoms with E-state index in [4.69, 9.17) is 15.1 Å². The van der Waals surface area contributed by atoms with Gasteiger partial charge in [0.15, 0.2) is 0 Å². The number of fused-ring (bicyclic) bond motifs is 1. The largest absolute Gasteiger partial charge is 0.507 e. The van der Waals surface area contributed by atoms with Crippen LogP contribution in [0, 0.1) is 31.1 Å². The van der Waals surface area contributed by atoms with Crippen LogP contribution in [0.4, 0.5) is 0 Å². The summed E-state index contributed by atoms with van der Waals surface area (Å²) in [6, 6.07) is 10.1. The van der Waals surface area contributed by atoms with Gasteiger partial charge in [-0.1, -0.05) is 85.3 Å². The van der Waals surface area contributed by atoms with Crippen molar-refractivity contribution in [2.75, 3.05) is 6.61 Å². The van der Waals surface area contributed by atoms with Gasteiger partial charge >= 0.3 is 0 Å². The van der Waals surface area contributed by atoms with Crippen LogP contribution in [-0.4, -0.2) is 27.3 Å². The molecule has 2 atom stereocenters. The average Bonchev–Trinajstić information content (AvgIpc) is 3.43. The second-order valence-electron chi connectivity index (χ2n) is 12.5. The summed E-state index contributed by atoms with van der Waals surface area (Å²) in [6.07, 6.45) is 15.5. The predicted octanol–water partition coefficient (Wildman–Crippen LogP) is 10.1. The fraction of sp³-hybridized carbons (Fsp3) is 0.513. The molecular formula is C39H56N4O2. The van der Waals surface area contributed by atoms with Crippen molar-refractivity contribution in [2.45, 2.75) is 113 Å². The Morgan fingerprint density at radius 2 is 1.67 bits per heavy atom. The summed E-state index contributed by atoms with van der Waals surface area (Å²) >= 11 is 0. The summed E-state index contributed by atoms with van der Waals surface area (Å²) in [7, 11) is 0. The SMILES string of the molecule is C=C(N=c1c2ccc(OCC(CC)CCCC)c(C)c12)c1ccc(CCC(CC)CCCC)c(C)c1O.CC(=N)n1cccn1. The van der Waals surface area contributed by atoms with Gasteiger partial charge in [-0.25, -0.2) is 9.67 Å². The summed E-state index contributed by atoms with van der Waals surface area (Å²) in [5, 5.41) is 25.2. The zero-order chi connectivity index (χ0) is 32.9. The predicted molar refractivity (Wildman–Crippen MR) is 190 cm³/mol. The zero-order valence-corrected chi connectivity index (χ0v) is 28.9. The van der Waals surface area contributed by atoms with Crippen LogP contribution in [0.1, 0.15) is 115 Å². The number of phenolic OH excluding ortho intramolecular Hbond substituents is 1. The molecule has 0 aliphatic rings. The summed E-state index contributed by atoms with van der Waals surface area (Å²) in [6.45, 7) is 19.8. The normalized spacial score (nSPS) is 13.1. The first-order valence-corrected chi connectivity index (χ1v) is 17.1. The first-order chi connectivity index (χ1) is 21.7. The third-order valence-electron chi connectivity index (χ3n) is 9.18. The highest BCUT2D eigenvalue weighted by molar-refractivity contribution is 6.01. The monoisotopic (exact) mass is 612 g/mol. The molecule has 2 N–H and O–H groups in total. The van der Waals surface area contributed by atoms with Crippen molar-refractivity contribution in [3.63, 3.8) is 0 Å². The standard InChI is InChI=1S/C34H49NO2.C5H7N3/c1-8-12-14-26(10-3)16-17-28-18-19-29(34(36)23(28)5)25(7)35-33-30-20-21-31(24(6)32(30)33)37-22-27(11-4)15-13-9-2;1-5(6)8-4-2-3-7-8/h18-21,26-27,36H,7-17,22H2,1-6H3;2-4,6H,1H3. The van der Waals surface area contributed by atoms with Gasteiger partial charge < -0.3 is 9.84 Å². The molecule has 0 fully saturated rings. The molecular weight excluding hydrogens is 556 g/mol. The van der Waals surface area contributed by atoms with Gasteiger partial charge in [-0.05, 0) is 87.3 Å². The van der Waals surface area contributed by atoms with Crippen molar-refractivity contribution < 1.29 is 9.84 Å². The Bertz CT molecular complexity index is 1540. The van der Waals surface area contributed by atoms with Crippen LogP contribution in [0.2, 0.25) is 0 Å². The highest BCUT2D eigenvalue weighted by Crippen LogP contribution is 2.34. The first-order valence-electron chi connectivity index (χ1n) is 17.1. The molecule has 0 aliphatic heterocycles. The number of hydrogen-bond acceptors (Lipinski definition) is 5. The molecule has 0 spiro atoms. The van der Waals surface area contributed by atoms with Crippen molar-refractivity contribution in [1.82, 2.24) is 9.78 Å². The lowest BCUT2D eigenvalue weighted by Crippen LogP contribution is -2.11. The number of unbranched alkanes of at least 4 members (excludes halogenated alkanes) is 2. The number of aromatic nitrogens is 2. The zero-order valence-electron chi connectivity index (χ0n) is 28.9. The van der Waals surface area contributed by atoms with Crippen LogP contribution in [-0.2, 0) is 6.42 Å². The Hall–Kier alpha value is -3.67. The van der Waals surface area contributed by atoms with Crippen LogP contribution in [0.3, 0.4) is 0 Å². The van der Waals surface area contributed by atoms with Gasteiger partial charge in [0.25, 0.3) is 0 Å². The van der Waals surface area contributed by atoms with Gasteiger partial charge in [0.1, 0.15) is 17.3 Å². The lowest BCUT2D eigenvalue weighted by Gasteiger charge is -2.16. The highest BCUT2D eigenvalue weighted by atomic mass is 16.5. The van der Waals surface area contributed by atoms with Crippen molar-refractivity contribution in [3.8, 4) is 11.5 Å². The van der Waals surface area contributed by atoms with Crippen LogP contribution in [0.15, 0.2) is 54.3 Å².